The van der Waals surface area contributed by atoms with Gasteiger partial charge in [0.1, 0.15) is 34.6 Å². The summed E-state index contributed by atoms with van der Waals surface area (Å²) in [6, 6.07) is 21.4. The van der Waals surface area contributed by atoms with Crippen LogP contribution in [0.3, 0.4) is 0 Å². The molecule has 1 unspecified atom stereocenters. The third kappa shape index (κ3) is 4.46. The van der Waals surface area contributed by atoms with E-state index in [4.69, 9.17) is 24.7 Å². The Kier molecular flexibility index (Phi) is 6.18. The maximum atomic E-state index is 12.6. The fraction of sp³-hybridized carbons (Fsp3) is 0.154. The minimum absolute atomic E-state index is 0.0140. The van der Waals surface area contributed by atoms with Crippen molar-refractivity contribution in [3.63, 3.8) is 0 Å². The molecule has 7 nitrogen and oxygen atoms in total. The molecular formula is C26H22N2O5. The molecular weight excluding hydrogens is 420 g/mol. The molecule has 1 atom stereocenters. The number of benzene rings is 3. The first kappa shape index (κ1) is 21.8. The van der Waals surface area contributed by atoms with Crippen LogP contribution < -0.4 is 24.7 Å². The lowest BCUT2D eigenvalue weighted by molar-refractivity contribution is 0.0734. The van der Waals surface area contributed by atoms with E-state index in [9.17, 15) is 10.1 Å². The summed E-state index contributed by atoms with van der Waals surface area (Å²) in [6.07, 6.45) is 0. The summed E-state index contributed by atoms with van der Waals surface area (Å²) in [5, 5.41) is 9.73. The molecule has 7 heteroatoms. The zero-order valence-electron chi connectivity index (χ0n) is 18.2. The van der Waals surface area contributed by atoms with E-state index in [1.54, 1.807) is 42.5 Å². The van der Waals surface area contributed by atoms with Crippen LogP contribution in [0.5, 0.6) is 23.0 Å². The normalized spacial score (nSPS) is 14.5. The van der Waals surface area contributed by atoms with Gasteiger partial charge in [0.25, 0.3) is 0 Å². The highest BCUT2D eigenvalue weighted by atomic mass is 16.5. The van der Waals surface area contributed by atoms with Crippen molar-refractivity contribution in [3.8, 4) is 29.1 Å². The smallest absolute Gasteiger partial charge is 0.343 e. The van der Waals surface area contributed by atoms with Crippen molar-refractivity contribution in [2.45, 2.75) is 12.8 Å². The zero-order valence-corrected chi connectivity index (χ0v) is 18.2. The number of nitrogens with zero attached hydrogens (tertiary/aromatic N) is 1. The van der Waals surface area contributed by atoms with Crippen molar-refractivity contribution in [1.29, 1.82) is 5.26 Å². The third-order valence-electron chi connectivity index (χ3n) is 5.23. The molecule has 0 fully saturated rings. The van der Waals surface area contributed by atoms with Crippen molar-refractivity contribution in [3.05, 3.63) is 94.9 Å². The Morgan fingerprint density at radius 1 is 1.06 bits per heavy atom. The molecule has 4 rings (SSSR count). The minimum Gasteiger partial charge on any atom is -0.497 e. The molecule has 166 valence electrons. The maximum Gasteiger partial charge on any atom is 0.343 e. The van der Waals surface area contributed by atoms with Crippen LogP contribution >= 0.6 is 0 Å². The highest BCUT2D eigenvalue weighted by Crippen LogP contribution is 2.43. The van der Waals surface area contributed by atoms with E-state index in [0.717, 1.165) is 16.9 Å². The number of hydrogen-bond donors (Lipinski definition) is 1. The number of allylic oxidation sites excluding steroid dienone is 1. The highest BCUT2D eigenvalue weighted by molar-refractivity contribution is 5.91. The second-order valence-electron chi connectivity index (χ2n) is 7.25. The Balaban J connectivity index is 1.65. The van der Waals surface area contributed by atoms with Crippen LogP contribution in [-0.2, 0) is 0 Å². The van der Waals surface area contributed by atoms with Crippen LogP contribution in [0, 0.1) is 11.3 Å². The fourth-order valence-corrected chi connectivity index (χ4v) is 3.68. The molecule has 3 aromatic rings. The number of hydrogen-bond acceptors (Lipinski definition) is 7. The Morgan fingerprint density at radius 2 is 1.82 bits per heavy atom. The van der Waals surface area contributed by atoms with Gasteiger partial charge in [-0.05, 0) is 48.9 Å². The summed E-state index contributed by atoms with van der Waals surface area (Å²) in [4.78, 5) is 12.6. The Hall–Kier alpha value is -4.44. The first-order valence-corrected chi connectivity index (χ1v) is 10.3. The predicted octanol–water partition coefficient (Wildman–Crippen LogP) is 4.53. The Morgan fingerprint density at radius 3 is 2.52 bits per heavy atom. The number of ether oxygens (including phenoxy) is 4. The van der Waals surface area contributed by atoms with Gasteiger partial charge < -0.3 is 24.7 Å². The van der Waals surface area contributed by atoms with E-state index in [1.165, 1.54) is 7.11 Å². The number of carbonyl (C=O) groups excluding carboxylic acids is 1. The summed E-state index contributed by atoms with van der Waals surface area (Å²) in [5.74, 6) is 1.07. The first-order chi connectivity index (χ1) is 16.0. The van der Waals surface area contributed by atoms with E-state index in [2.05, 4.69) is 6.07 Å². The number of carbonyl (C=O) groups is 1. The molecule has 0 saturated heterocycles. The van der Waals surface area contributed by atoms with Crippen molar-refractivity contribution < 1.29 is 23.7 Å². The van der Waals surface area contributed by atoms with Crippen LogP contribution in [0.25, 0.3) is 0 Å². The number of rotatable bonds is 6. The van der Waals surface area contributed by atoms with Crippen LogP contribution in [0.15, 0.2) is 78.2 Å². The van der Waals surface area contributed by atoms with E-state index < -0.39 is 11.9 Å². The van der Waals surface area contributed by atoms with Crippen molar-refractivity contribution in [1.82, 2.24) is 0 Å². The van der Waals surface area contributed by atoms with Gasteiger partial charge in [-0.3, -0.25) is 0 Å². The molecule has 0 bridgehead atoms. The summed E-state index contributed by atoms with van der Waals surface area (Å²) < 4.78 is 21.9. The van der Waals surface area contributed by atoms with Gasteiger partial charge in [0.2, 0.25) is 5.88 Å². The molecule has 0 radical (unpaired) electrons. The zero-order chi connectivity index (χ0) is 23.4. The number of esters is 1. The standard InChI is InChI=1S/C26H22N2O5/c1-3-31-18-9-7-16(8-10-18)24-21-12-11-20(14-23(21)33-25(28)22(24)15-27)32-26(29)17-5-4-6-19(13-17)30-2/h4-14,24H,3,28H2,1-2H3. The number of nitrogens with two attached hydrogens (primary N) is 1. The van der Waals surface area contributed by atoms with Crippen LogP contribution in [0.1, 0.15) is 34.3 Å². The SMILES string of the molecule is CCOc1ccc(C2C(C#N)=C(N)Oc3cc(OC(=O)c4cccc(OC)c4)ccc32)cc1. The molecule has 1 aliphatic heterocycles. The molecule has 0 spiro atoms. The molecule has 1 heterocycles. The average Bonchev–Trinajstić information content (AvgIpc) is 2.84. The molecule has 2 N–H and O–H groups in total. The van der Waals surface area contributed by atoms with Gasteiger partial charge in [-0.1, -0.05) is 24.3 Å². The van der Waals surface area contributed by atoms with Crippen molar-refractivity contribution in [2.75, 3.05) is 13.7 Å². The summed E-state index contributed by atoms with van der Waals surface area (Å²) in [7, 11) is 1.53. The van der Waals surface area contributed by atoms with Gasteiger partial charge in [-0.2, -0.15) is 5.26 Å². The highest BCUT2D eigenvalue weighted by Gasteiger charge is 2.31. The van der Waals surface area contributed by atoms with Gasteiger partial charge in [0.15, 0.2) is 0 Å². The predicted molar refractivity (Wildman–Crippen MR) is 121 cm³/mol. The fourth-order valence-electron chi connectivity index (χ4n) is 3.68. The van der Waals surface area contributed by atoms with Gasteiger partial charge in [0.05, 0.1) is 25.2 Å². The van der Waals surface area contributed by atoms with Gasteiger partial charge in [-0.15, -0.1) is 0 Å². The summed E-state index contributed by atoms with van der Waals surface area (Å²) in [6.45, 7) is 2.48. The maximum absolute atomic E-state index is 12.6. The molecule has 1 aliphatic rings. The van der Waals surface area contributed by atoms with E-state index >= 15 is 0 Å². The first-order valence-electron chi connectivity index (χ1n) is 10.3. The second-order valence-corrected chi connectivity index (χ2v) is 7.25. The van der Waals surface area contributed by atoms with Crippen LogP contribution in [0.2, 0.25) is 0 Å². The monoisotopic (exact) mass is 442 g/mol. The number of nitriles is 1. The van der Waals surface area contributed by atoms with E-state index in [-0.39, 0.29) is 5.88 Å². The quantitative estimate of drug-likeness (QED) is 0.442. The molecule has 0 amide bonds. The van der Waals surface area contributed by atoms with Crippen molar-refractivity contribution in [2.24, 2.45) is 5.73 Å². The lowest BCUT2D eigenvalue weighted by Crippen LogP contribution is -2.21. The Bertz CT molecular complexity index is 1260. The number of methoxy groups -OCH3 is 1. The van der Waals surface area contributed by atoms with E-state index in [1.807, 2.05) is 31.2 Å². The van der Waals surface area contributed by atoms with Gasteiger partial charge >= 0.3 is 5.97 Å². The van der Waals surface area contributed by atoms with Gasteiger partial charge in [-0.25, -0.2) is 4.79 Å². The molecule has 0 aromatic heterocycles. The Labute approximate surface area is 191 Å². The molecule has 0 saturated carbocycles. The van der Waals surface area contributed by atoms with Crippen LogP contribution in [-0.4, -0.2) is 19.7 Å². The largest absolute Gasteiger partial charge is 0.497 e. The molecule has 33 heavy (non-hydrogen) atoms. The molecule has 0 aliphatic carbocycles. The summed E-state index contributed by atoms with van der Waals surface area (Å²) in [5.41, 5.74) is 8.34. The topological polar surface area (TPSA) is 104 Å². The summed E-state index contributed by atoms with van der Waals surface area (Å²) >= 11 is 0. The lowest BCUT2D eigenvalue weighted by Gasteiger charge is -2.26. The third-order valence-corrected chi connectivity index (χ3v) is 5.23. The number of fused-ring (bicyclic) bond motifs is 1. The molecule has 3 aromatic carbocycles. The van der Waals surface area contributed by atoms with Crippen LogP contribution in [0.4, 0.5) is 0 Å². The van der Waals surface area contributed by atoms with Crippen molar-refractivity contribution >= 4 is 5.97 Å². The second kappa shape index (κ2) is 9.37. The van der Waals surface area contributed by atoms with E-state index in [0.29, 0.717) is 35.0 Å². The minimum atomic E-state index is -0.533. The lowest BCUT2D eigenvalue weighted by atomic mass is 9.83. The van der Waals surface area contributed by atoms with Gasteiger partial charge in [0, 0.05) is 11.6 Å². The average molecular weight is 442 g/mol.